The van der Waals surface area contributed by atoms with Gasteiger partial charge in [0.2, 0.25) is 5.91 Å². The molecule has 2 aliphatic rings. The van der Waals surface area contributed by atoms with Crippen molar-refractivity contribution in [3.63, 3.8) is 0 Å². The molecule has 0 aromatic heterocycles. The van der Waals surface area contributed by atoms with Gasteiger partial charge < -0.3 is 25.4 Å². The number of nitrogens with one attached hydrogen (secondary N) is 2. The van der Waals surface area contributed by atoms with E-state index in [1.165, 1.54) is 4.90 Å². The van der Waals surface area contributed by atoms with Gasteiger partial charge in [-0.3, -0.25) is 4.79 Å². The van der Waals surface area contributed by atoms with Crippen molar-refractivity contribution in [3.8, 4) is 0 Å². The first kappa shape index (κ1) is 17.7. The van der Waals surface area contributed by atoms with E-state index in [1.54, 1.807) is 26.2 Å². The van der Waals surface area contributed by atoms with E-state index in [-0.39, 0.29) is 37.1 Å². The molecule has 7 heteroatoms. The molecule has 1 heterocycles. The second kappa shape index (κ2) is 8.31. The lowest BCUT2D eigenvalue weighted by Crippen LogP contribution is -2.52. The molecule has 130 valence electrons. The highest BCUT2D eigenvalue weighted by molar-refractivity contribution is 5.76. The minimum atomic E-state index is -0.547. The van der Waals surface area contributed by atoms with Crippen LogP contribution in [0.15, 0.2) is 12.2 Å². The van der Waals surface area contributed by atoms with E-state index >= 15 is 0 Å². The summed E-state index contributed by atoms with van der Waals surface area (Å²) >= 11 is 0. The summed E-state index contributed by atoms with van der Waals surface area (Å²) in [6.45, 7) is -0.217. The number of urea groups is 1. The molecule has 3 atom stereocenters. The molecule has 1 aliphatic carbocycles. The molecule has 23 heavy (non-hydrogen) atoms. The van der Waals surface area contributed by atoms with Gasteiger partial charge in [0.15, 0.2) is 0 Å². The highest BCUT2D eigenvalue weighted by Gasteiger charge is 2.29. The number of amides is 3. The van der Waals surface area contributed by atoms with Gasteiger partial charge >= 0.3 is 6.03 Å². The zero-order valence-electron chi connectivity index (χ0n) is 13.8. The third-order valence-corrected chi connectivity index (χ3v) is 4.33. The average molecular weight is 325 g/mol. The van der Waals surface area contributed by atoms with E-state index in [0.29, 0.717) is 0 Å². The summed E-state index contributed by atoms with van der Waals surface area (Å²) in [6, 6.07) is -0.398. The fraction of sp³-hybridized carbons (Fsp3) is 0.750. The molecule has 0 spiro atoms. The van der Waals surface area contributed by atoms with Gasteiger partial charge in [-0.15, -0.1) is 0 Å². The topological polar surface area (TPSA) is 90.9 Å². The molecule has 0 unspecified atom stereocenters. The Balaban J connectivity index is 1.86. The maximum absolute atomic E-state index is 12.0. The third-order valence-electron chi connectivity index (χ3n) is 4.33. The molecule has 0 radical (unpaired) electrons. The normalized spacial score (nSPS) is 27.7. The molecular formula is C16H27N3O4. The number of carbonyl (C=O) groups excluding carboxylic acids is 2. The van der Waals surface area contributed by atoms with Crippen LogP contribution < -0.4 is 10.6 Å². The molecule has 0 saturated heterocycles. The first-order valence-corrected chi connectivity index (χ1v) is 8.21. The van der Waals surface area contributed by atoms with Crippen LogP contribution in [0.25, 0.3) is 0 Å². The van der Waals surface area contributed by atoms with Crippen LogP contribution in [0.2, 0.25) is 0 Å². The SMILES string of the molecule is CN(C)C(=O)C[C@@H]1C=C[C@H](NC(=O)NC2CCCC2)[C@H](CO)O1. The third kappa shape index (κ3) is 5.21. The first-order valence-electron chi connectivity index (χ1n) is 8.21. The predicted molar refractivity (Wildman–Crippen MR) is 85.9 cm³/mol. The molecular weight excluding hydrogens is 298 g/mol. The van der Waals surface area contributed by atoms with E-state index in [1.807, 2.05) is 0 Å². The van der Waals surface area contributed by atoms with Crippen molar-refractivity contribution in [2.45, 2.75) is 56.4 Å². The van der Waals surface area contributed by atoms with Crippen molar-refractivity contribution in [3.05, 3.63) is 12.2 Å². The minimum Gasteiger partial charge on any atom is -0.394 e. The van der Waals surface area contributed by atoms with Crippen LogP contribution in [0.1, 0.15) is 32.1 Å². The number of ether oxygens (including phenoxy) is 1. The molecule has 2 rings (SSSR count). The zero-order chi connectivity index (χ0) is 16.8. The van der Waals surface area contributed by atoms with Crippen LogP contribution in [0, 0.1) is 0 Å². The largest absolute Gasteiger partial charge is 0.394 e. The Labute approximate surface area is 137 Å². The fourth-order valence-corrected chi connectivity index (χ4v) is 2.94. The number of hydrogen-bond donors (Lipinski definition) is 3. The predicted octanol–water partition coefficient (Wildman–Crippen LogP) is 0.391. The average Bonchev–Trinajstić information content (AvgIpc) is 3.01. The molecule has 7 nitrogen and oxygen atoms in total. The van der Waals surface area contributed by atoms with Crippen LogP contribution >= 0.6 is 0 Å². The Hall–Kier alpha value is -1.60. The molecule has 3 amide bonds. The summed E-state index contributed by atoms with van der Waals surface area (Å²) < 4.78 is 5.71. The Morgan fingerprint density at radius 1 is 1.22 bits per heavy atom. The lowest BCUT2D eigenvalue weighted by atomic mass is 10.0. The molecule has 1 saturated carbocycles. The minimum absolute atomic E-state index is 0.0401. The van der Waals surface area contributed by atoms with Gasteiger partial charge in [-0.2, -0.15) is 0 Å². The van der Waals surface area contributed by atoms with Crippen LogP contribution in [0.4, 0.5) is 4.79 Å². The summed E-state index contributed by atoms with van der Waals surface area (Å²) in [5, 5.41) is 15.3. The smallest absolute Gasteiger partial charge is 0.315 e. The number of carbonyl (C=O) groups is 2. The first-order chi connectivity index (χ1) is 11.0. The summed E-state index contributed by atoms with van der Waals surface area (Å²) in [5.74, 6) is -0.0401. The number of nitrogens with zero attached hydrogens (tertiary/aromatic N) is 1. The summed E-state index contributed by atoms with van der Waals surface area (Å²) in [5.41, 5.74) is 0. The van der Waals surface area contributed by atoms with E-state index < -0.39 is 12.1 Å². The summed E-state index contributed by atoms with van der Waals surface area (Å²) in [7, 11) is 3.38. The molecule has 1 aliphatic heterocycles. The van der Waals surface area contributed by atoms with Gasteiger partial charge in [0.25, 0.3) is 0 Å². The fourth-order valence-electron chi connectivity index (χ4n) is 2.94. The van der Waals surface area contributed by atoms with Crippen molar-refractivity contribution in [1.29, 1.82) is 0 Å². The lowest BCUT2D eigenvalue weighted by molar-refractivity contribution is -0.132. The van der Waals surface area contributed by atoms with Crippen molar-refractivity contribution in [2.75, 3.05) is 20.7 Å². The molecule has 3 N–H and O–H groups in total. The monoisotopic (exact) mass is 325 g/mol. The van der Waals surface area contributed by atoms with Gasteiger partial charge in [-0.25, -0.2) is 4.79 Å². The maximum Gasteiger partial charge on any atom is 0.315 e. The summed E-state index contributed by atoms with van der Waals surface area (Å²) in [4.78, 5) is 25.3. The van der Waals surface area contributed by atoms with E-state index in [9.17, 15) is 14.7 Å². The molecule has 0 aromatic carbocycles. The molecule has 1 fully saturated rings. The van der Waals surface area contributed by atoms with E-state index in [0.717, 1.165) is 25.7 Å². The Kier molecular flexibility index (Phi) is 6.41. The highest BCUT2D eigenvalue weighted by atomic mass is 16.5. The number of rotatable bonds is 5. The highest BCUT2D eigenvalue weighted by Crippen LogP contribution is 2.18. The maximum atomic E-state index is 12.0. The van der Waals surface area contributed by atoms with Crippen LogP contribution in [0.3, 0.4) is 0 Å². The Bertz CT molecular complexity index is 447. The van der Waals surface area contributed by atoms with E-state index in [4.69, 9.17) is 4.74 Å². The quantitative estimate of drug-likeness (QED) is 0.638. The van der Waals surface area contributed by atoms with Gasteiger partial charge in [0, 0.05) is 20.1 Å². The lowest BCUT2D eigenvalue weighted by Gasteiger charge is -2.32. The van der Waals surface area contributed by atoms with Crippen LogP contribution in [0.5, 0.6) is 0 Å². The number of aliphatic hydroxyl groups is 1. The van der Waals surface area contributed by atoms with E-state index in [2.05, 4.69) is 10.6 Å². The number of hydrogen-bond acceptors (Lipinski definition) is 4. The summed E-state index contributed by atoms with van der Waals surface area (Å²) in [6.07, 6.45) is 7.20. The van der Waals surface area contributed by atoms with Crippen molar-refractivity contribution >= 4 is 11.9 Å². The van der Waals surface area contributed by atoms with Gasteiger partial charge in [0.1, 0.15) is 6.10 Å². The van der Waals surface area contributed by atoms with Gasteiger partial charge in [-0.1, -0.05) is 25.0 Å². The second-order valence-corrected chi connectivity index (χ2v) is 6.40. The standard InChI is InChI=1S/C16H27N3O4/c1-19(2)15(21)9-12-7-8-13(14(10-20)23-12)18-16(22)17-11-5-3-4-6-11/h7-8,11-14,20H,3-6,9-10H2,1-2H3,(H2,17,18,22)/t12-,13-,14-/m0/s1. The Morgan fingerprint density at radius 2 is 1.91 bits per heavy atom. The van der Waals surface area contributed by atoms with Crippen molar-refractivity contribution in [1.82, 2.24) is 15.5 Å². The zero-order valence-corrected chi connectivity index (χ0v) is 13.8. The molecule has 0 aromatic rings. The number of aliphatic hydroxyl groups excluding tert-OH is 1. The van der Waals surface area contributed by atoms with Crippen molar-refractivity contribution < 1.29 is 19.4 Å². The van der Waals surface area contributed by atoms with Crippen molar-refractivity contribution in [2.24, 2.45) is 0 Å². The molecule has 0 bridgehead atoms. The van der Waals surface area contributed by atoms with Gasteiger partial charge in [0.05, 0.1) is 25.2 Å². The Morgan fingerprint density at radius 3 is 2.52 bits per heavy atom. The van der Waals surface area contributed by atoms with Gasteiger partial charge in [-0.05, 0) is 12.8 Å². The van der Waals surface area contributed by atoms with Crippen LogP contribution in [-0.2, 0) is 9.53 Å². The second-order valence-electron chi connectivity index (χ2n) is 6.40. The van der Waals surface area contributed by atoms with Crippen LogP contribution in [-0.4, -0.2) is 66.9 Å².